The van der Waals surface area contributed by atoms with Crippen molar-refractivity contribution >= 4 is 23.6 Å². The van der Waals surface area contributed by atoms with E-state index in [1.165, 1.54) is 30.3 Å². The number of hydrogen-bond donors (Lipinski definition) is 5. The Bertz CT molecular complexity index is 1080. The second-order valence-corrected chi connectivity index (χ2v) is 7.76. The van der Waals surface area contributed by atoms with Crippen molar-refractivity contribution in [3.05, 3.63) is 59.9 Å². The molecule has 0 unspecified atom stereocenters. The van der Waals surface area contributed by atoms with Crippen LogP contribution in [0.15, 0.2) is 48.5 Å². The van der Waals surface area contributed by atoms with Crippen molar-refractivity contribution in [2.45, 2.75) is 18.5 Å². The Morgan fingerprint density at radius 3 is 2.61 bits per heavy atom. The maximum atomic E-state index is 13.0. The van der Waals surface area contributed by atoms with Crippen LogP contribution in [0.4, 0.5) is 4.39 Å². The van der Waals surface area contributed by atoms with Crippen molar-refractivity contribution in [3.8, 4) is 11.5 Å². The number of amides is 4. The van der Waals surface area contributed by atoms with Crippen LogP contribution in [-0.4, -0.2) is 73.7 Å². The molecule has 2 atom stereocenters. The first-order valence-corrected chi connectivity index (χ1v) is 11.2. The van der Waals surface area contributed by atoms with Crippen LogP contribution in [0.25, 0.3) is 0 Å². The molecule has 0 saturated heterocycles. The van der Waals surface area contributed by atoms with E-state index in [1.807, 2.05) is 0 Å². The number of aliphatic hydroxyl groups is 1. The van der Waals surface area contributed by atoms with Gasteiger partial charge in [-0.1, -0.05) is 12.1 Å². The SMILES string of the molecule is O=C1C[C@@H](C(=O)NCCOc2ccc(F)cc2)NC(=O)c2ccccc2OCCNC(=O)[C@H](CO)N1. The van der Waals surface area contributed by atoms with Gasteiger partial charge in [0.25, 0.3) is 5.91 Å². The lowest BCUT2D eigenvalue weighted by molar-refractivity contribution is -0.131. The molecule has 11 nitrogen and oxygen atoms in total. The van der Waals surface area contributed by atoms with Gasteiger partial charge in [-0.2, -0.15) is 0 Å². The highest BCUT2D eigenvalue weighted by Crippen LogP contribution is 2.18. The summed E-state index contributed by atoms with van der Waals surface area (Å²) in [5.41, 5.74) is 0.145. The number of nitrogens with one attached hydrogen (secondary N) is 4. The van der Waals surface area contributed by atoms with Gasteiger partial charge in [-0.15, -0.1) is 0 Å². The molecular weight excluding hydrogens is 475 g/mol. The maximum absolute atomic E-state index is 13.0. The van der Waals surface area contributed by atoms with Gasteiger partial charge >= 0.3 is 0 Å². The van der Waals surface area contributed by atoms with Gasteiger partial charge in [0.2, 0.25) is 17.7 Å². The molecule has 0 spiro atoms. The van der Waals surface area contributed by atoms with Crippen molar-refractivity contribution in [2.75, 3.05) is 32.9 Å². The second-order valence-electron chi connectivity index (χ2n) is 7.76. The quantitative estimate of drug-likeness (QED) is 0.334. The fraction of sp³-hybridized carbons (Fsp3) is 0.333. The molecule has 36 heavy (non-hydrogen) atoms. The summed E-state index contributed by atoms with van der Waals surface area (Å²) in [5, 5.41) is 19.5. The number of para-hydroxylation sites is 1. The fourth-order valence-electron chi connectivity index (χ4n) is 3.31. The third-order valence-corrected chi connectivity index (χ3v) is 5.12. The predicted molar refractivity (Wildman–Crippen MR) is 125 cm³/mol. The molecule has 4 amide bonds. The normalized spacial score (nSPS) is 18.9. The van der Waals surface area contributed by atoms with E-state index >= 15 is 0 Å². The van der Waals surface area contributed by atoms with Gasteiger partial charge in [0, 0.05) is 0 Å². The number of rotatable bonds is 6. The van der Waals surface area contributed by atoms with E-state index < -0.39 is 54.6 Å². The molecule has 2 aromatic carbocycles. The third-order valence-electron chi connectivity index (χ3n) is 5.12. The number of halogens is 1. The van der Waals surface area contributed by atoms with Crippen molar-refractivity contribution < 1.29 is 38.1 Å². The average Bonchev–Trinajstić information content (AvgIpc) is 2.87. The number of carbonyl (C=O) groups excluding carboxylic acids is 4. The van der Waals surface area contributed by atoms with E-state index in [0.29, 0.717) is 5.75 Å². The number of aliphatic hydroxyl groups excluding tert-OH is 1. The first-order chi connectivity index (χ1) is 17.4. The summed E-state index contributed by atoms with van der Waals surface area (Å²) in [6.07, 6.45) is -0.497. The summed E-state index contributed by atoms with van der Waals surface area (Å²) in [4.78, 5) is 50.6. The number of hydrogen-bond acceptors (Lipinski definition) is 7. The van der Waals surface area contributed by atoms with Crippen LogP contribution in [0.3, 0.4) is 0 Å². The van der Waals surface area contributed by atoms with Crippen molar-refractivity contribution in [1.29, 1.82) is 0 Å². The molecule has 0 fully saturated rings. The Morgan fingerprint density at radius 2 is 1.86 bits per heavy atom. The van der Waals surface area contributed by atoms with E-state index in [-0.39, 0.29) is 37.6 Å². The van der Waals surface area contributed by atoms with E-state index in [0.717, 1.165) is 0 Å². The molecule has 0 aliphatic carbocycles. The lowest BCUT2D eigenvalue weighted by atomic mass is 10.1. The summed E-state index contributed by atoms with van der Waals surface area (Å²) < 4.78 is 24.0. The molecule has 0 radical (unpaired) electrons. The van der Waals surface area contributed by atoms with Crippen molar-refractivity contribution in [1.82, 2.24) is 21.3 Å². The molecule has 5 N–H and O–H groups in total. The van der Waals surface area contributed by atoms with Crippen LogP contribution < -0.4 is 30.7 Å². The van der Waals surface area contributed by atoms with Gasteiger partial charge in [-0.25, -0.2) is 4.39 Å². The van der Waals surface area contributed by atoms with Crippen LogP contribution >= 0.6 is 0 Å². The summed E-state index contributed by atoms with van der Waals surface area (Å²) >= 11 is 0. The number of carbonyl (C=O) groups is 4. The molecular formula is C24H27FN4O7. The first kappa shape index (κ1) is 26.4. The minimum Gasteiger partial charge on any atom is -0.492 e. The molecule has 0 bridgehead atoms. The predicted octanol–water partition coefficient (Wildman–Crippen LogP) is -0.505. The zero-order valence-electron chi connectivity index (χ0n) is 19.3. The van der Waals surface area contributed by atoms with Crippen LogP contribution in [0.2, 0.25) is 0 Å². The Labute approximate surface area is 206 Å². The number of ether oxygens (including phenoxy) is 2. The monoisotopic (exact) mass is 502 g/mol. The minimum atomic E-state index is -1.30. The zero-order valence-corrected chi connectivity index (χ0v) is 19.3. The first-order valence-electron chi connectivity index (χ1n) is 11.2. The number of benzene rings is 2. The van der Waals surface area contributed by atoms with E-state index in [1.54, 1.807) is 18.2 Å². The summed E-state index contributed by atoms with van der Waals surface area (Å²) in [7, 11) is 0. The summed E-state index contributed by atoms with van der Waals surface area (Å²) in [6, 6.07) is 9.15. The standard InChI is InChI=1S/C24H27FN4O7/c25-15-5-7-16(8-6-15)35-11-9-26-23(33)18-13-21(31)28-19(14-30)24(34)27-10-12-36-20-4-2-1-3-17(20)22(32)29-18/h1-8,18-19,30H,9-14H2,(H,26,33)(H,27,34)(H,28,31)(H,29,32)/t18-,19-/m0/s1. The molecule has 0 aromatic heterocycles. The molecule has 12 heteroatoms. The fourth-order valence-corrected chi connectivity index (χ4v) is 3.31. The van der Waals surface area contributed by atoms with Gasteiger partial charge in [-0.05, 0) is 36.4 Å². The third kappa shape index (κ3) is 7.67. The smallest absolute Gasteiger partial charge is 0.255 e. The van der Waals surface area contributed by atoms with Crippen LogP contribution in [0, 0.1) is 5.82 Å². The lowest BCUT2D eigenvalue weighted by Gasteiger charge is -2.22. The van der Waals surface area contributed by atoms with E-state index in [2.05, 4.69) is 21.3 Å². The van der Waals surface area contributed by atoms with Crippen molar-refractivity contribution in [3.63, 3.8) is 0 Å². The Kier molecular flexibility index (Phi) is 9.57. The number of fused-ring (bicyclic) bond motifs is 1. The largest absolute Gasteiger partial charge is 0.492 e. The maximum Gasteiger partial charge on any atom is 0.255 e. The molecule has 192 valence electrons. The molecule has 0 saturated carbocycles. The zero-order chi connectivity index (χ0) is 25.9. The highest BCUT2D eigenvalue weighted by atomic mass is 19.1. The van der Waals surface area contributed by atoms with Crippen LogP contribution in [0.1, 0.15) is 16.8 Å². The molecule has 2 aromatic rings. The average molecular weight is 502 g/mol. The van der Waals surface area contributed by atoms with Gasteiger partial charge in [0.1, 0.15) is 42.6 Å². The Hall–Kier alpha value is -4.19. The molecule has 3 rings (SSSR count). The van der Waals surface area contributed by atoms with E-state index in [9.17, 15) is 28.7 Å². The highest BCUT2D eigenvalue weighted by molar-refractivity contribution is 6.01. The Morgan fingerprint density at radius 1 is 1.11 bits per heavy atom. The van der Waals surface area contributed by atoms with Crippen molar-refractivity contribution in [2.24, 2.45) is 0 Å². The Balaban J connectivity index is 1.71. The summed E-state index contributed by atoms with van der Waals surface area (Å²) in [5.74, 6) is -2.43. The van der Waals surface area contributed by atoms with Gasteiger partial charge in [0.15, 0.2) is 0 Å². The van der Waals surface area contributed by atoms with E-state index in [4.69, 9.17) is 9.47 Å². The lowest BCUT2D eigenvalue weighted by Crippen LogP contribution is -2.53. The topological polar surface area (TPSA) is 155 Å². The van der Waals surface area contributed by atoms with Gasteiger partial charge in [-0.3, -0.25) is 19.2 Å². The molecule has 1 aliphatic rings. The summed E-state index contributed by atoms with van der Waals surface area (Å²) in [6.45, 7) is -0.475. The van der Waals surface area contributed by atoms with Gasteiger partial charge in [0.05, 0.1) is 31.7 Å². The minimum absolute atomic E-state index is 0.0279. The highest BCUT2D eigenvalue weighted by Gasteiger charge is 2.28. The second kappa shape index (κ2) is 13.0. The van der Waals surface area contributed by atoms with Crippen LogP contribution in [-0.2, 0) is 14.4 Å². The van der Waals surface area contributed by atoms with Gasteiger partial charge < -0.3 is 35.8 Å². The van der Waals surface area contributed by atoms with Crippen LogP contribution in [0.5, 0.6) is 11.5 Å². The molecule has 1 heterocycles. The molecule has 1 aliphatic heterocycles.